The zero-order valence-electron chi connectivity index (χ0n) is 13.8. The van der Waals surface area contributed by atoms with Gasteiger partial charge in [0.2, 0.25) is 5.91 Å². The number of ether oxygens (including phenoxy) is 1. The largest absolute Gasteiger partial charge is 0.381 e. The summed E-state index contributed by atoms with van der Waals surface area (Å²) in [6, 6.07) is 10.4. The molecule has 5 nitrogen and oxygen atoms in total. The molecule has 0 spiro atoms. The Morgan fingerprint density at radius 2 is 1.96 bits per heavy atom. The zero-order chi connectivity index (χ0) is 16.7. The first-order chi connectivity index (χ1) is 11.8. The van der Waals surface area contributed by atoms with Crippen molar-refractivity contribution in [1.82, 2.24) is 15.3 Å². The molecule has 1 N–H and O–H groups in total. The minimum atomic E-state index is -0.0261. The lowest BCUT2D eigenvalue weighted by molar-refractivity contribution is -0.121. The van der Waals surface area contributed by atoms with Gasteiger partial charge in [-0.3, -0.25) is 14.8 Å². The normalized spacial score (nSPS) is 16.5. The van der Waals surface area contributed by atoms with Gasteiger partial charge in [-0.2, -0.15) is 0 Å². The molecule has 0 radical (unpaired) electrons. The third-order valence-electron chi connectivity index (χ3n) is 4.68. The van der Waals surface area contributed by atoms with Gasteiger partial charge in [0.25, 0.3) is 0 Å². The van der Waals surface area contributed by atoms with Crippen LogP contribution >= 0.6 is 0 Å². The number of carbonyl (C=O) groups excluding carboxylic acids is 1. The van der Waals surface area contributed by atoms with Crippen molar-refractivity contribution in [3.8, 4) is 0 Å². The van der Waals surface area contributed by atoms with Crippen LogP contribution in [0.3, 0.4) is 0 Å². The first-order valence-electron chi connectivity index (χ1n) is 8.43. The number of aryl methyl sites for hydroxylation is 1. The van der Waals surface area contributed by atoms with E-state index >= 15 is 0 Å². The highest BCUT2D eigenvalue weighted by Gasteiger charge is 2.34. The van der Waals surface area contributed by atoms with Crippen LogP contribution in [-0.2, 0) is 21.4 Å². The van der Waals surface area contributed by atoms with E-state index in [2.05, 4.69) is 39.6 Å². The number of aromatic nitrogens is 2. The summed E-state index contributed by atoms with van der Waals surface area (Å²) < 4.78 is 5.53. The third-order valence-corrected chi connectivity index (χ3v) is 4.68. The smallest absolute Gasteiger partial charge is 0.220 e. The molecule has 1 aliphatic rings. The maximum atomic E-state index is 12.2. The second kappa shape index (κ2) is 8.02. The van der Waals surface area contributed by atoms with Crippen LogP contribution in [0.1, 0.15) is 30.5 Å². The predicted molar refractivity (Wildman–Crippen MR) is 91.5 cm³/mol. The quantitative estimate of drug-likeness (QED) is 0.885. The van der Waals surface area contributed by atoms with E-state index in [0.717, 1.165) is 31.7 Å². The van der Waals surface area contributed by atoms with Crippen molar-refractivity contribution < 1.29 is 9.53 Å². The van der Waals surface area contributed by atoms with Gasteiger partial charge in [-0.1, -0.05) is 30.3 Å². The van der Waals surface area contributed by atoms with E-state index in [0.29, 0.717) is 19.4 Å². The number of benzene rings is 1. The molecule has 1 amide bonds. The molecule has 0 aliphatic carbocycles. The summed E-state index contributed by atoms with van der Waals surface area (Å²) in [7, 11) is 0. The molecule has 1 fully saturated rings. The first kappa shape index (κ1) is 16.6. The average molecular weight is 325 g/mol. The lowest BCUT2D eigenvalue weighted by atomic mass is 9.74. The maximum absolute atomic E-state index is 12.2. The van der Waals surface area contributed by atoms with Gasteiger partial charge in [-0.05, 0) is 24.8 Å². The number of carbonyl (C=O) groups is 1. The van der Waals surface area contributed by atoms with E-state index in [1.807, 2.05) is 6.07 Å². The van der Waals surface area contributed by atoms with Crippen molar-refractivity contribution in [2.24, 2.45) is 0 Å². The van der Waals surface area contributed by atoms with Gasteiger partial charge in [-0.15, -0.1) is 0 Å². The highest BCUT2D eigenvalue weighted by atomic mass is 16.5. The number of hydrogen-bond acceptors (Lipinski definition) is 4. The fourth-order valence-electron chi connectivity index (χ4n) is 3.18. The monoisotopic (exact) mass is 325 g/mol. The Kier molecular flexibility index (Phi) is 5.54. The number of nitrogens with one attached hydrogen (secondary N) is 1. The van der Waals surface area contributed by atoms with E-state index in [1.165, 1.54) is 5.56 Å². The van der Waals surface area contributed by atoms with Crippen molar-refractivity contribution in [3.63, 3.8) is 0 Å². The molecular formula is C19H23N3O2. The fraction of sp³-hybridized carbons (Fsp3) is 0.421. The number of rotatable bonds is 6. The number of nitrogens with zero attached hydrogens (tertiary/aromatic N) is 2. The highest BCUT2D eigenvalue weighted by Crippen LogP contribution is 2.34. The molecule has 2 aromatic rings. The molecule has 0 saturated carbocycles. The Hall–Kier alpha value is -2.27. The van der Waals surface area contributed by atoms with Gasteiger partial charge in [0, 0.05) is 50.2 Å². The molecule has 2 heterocycles. The molecular weight excluding hydrogens is 302 g/mol. The van der Waals surface area contributed by atoms with Gasteiger partial charge < -0.3 is 10.1 Å². The van der Waals surface area contributed by atoms with Crippen LogP contribution in [-0.4, -0.2) is 35.6 Å². The number of hydrogen-bond donors (Lipinski definition) is 1. The van der Waals surface area contributed by atoms with Gasteiger partial charge in [-0.25, -0.2) is 0 Å². The van der Waals surface area contributed by atoms with Gasteiger partial charge in [0.1, 0.15) is 0 Å². The topological polar surface area (TPSA) is 64.1 Å². The van der Waals surface area contributed by atoms with Crippen LogP contribution < -0.4 is 5.32 Å². The van der Waals surface area contributed by atoms with Gasteiger partial charge in [0.05, 0.1) is 5.69 Å². The minimum absolute atomic E-state index is 0.0261. The van der Waals surface area contributed by atoms with Crippen LogP contribution in [0.5, 0.6) is 0 Å². The summed E-state index contributed by atoms with van der Waals surface area (Å²) in [5.41, 5.74) is 2.10. The standard InChI is InChI=1S/C19H23N3O2/c23-18(7-6-17-14-20-10-11-21-17)22-15-19(8-12-24-13-9-19)16-4-2-1-3-5-16/h1-5,10-11,14H,6-9,12-13,15H2,(H,22,23). The van der Waals surface area contributed by atoms with Crippen molar-refractivity contribution >= 4 is 5.91 Å². The van der Waals surface area contributed by atoms with Crippen LogP contribution in [0.4, 0.5) is 0 Å². The molecule has 0 unspecified atom stereocenters. The summed E-state index contributed by atoms with van der Waals surface area (Å²) in [5, 5.41) is 3.12. The Balaban J connectivity index is 1.58. The summed E-state index contributed by atoms with van der Waals surface area (Å²) in [4.78, 5) is 20.5. The summed E-state index contributed by atoms with van der Waals surface area (Å²) in [5.74, 6) is 0.0578. The van der Waals surface area contributed by atoms with Crippen molar-refractivity contribution in [1.29, 1.82) is 0 Å². The van der Waals surface area contributed by atoms with Crippen LogP contribution in [0, 0.1) is 0 Å². The van der Waals surface area contributed by atoms with Crippen LogP contribution in [0.25, 0.3) is 0 Å². The van der Waals surface area contributed by atoms with Crippen LogP contribution in [0.2, 0.25) is 0 Å². The molecule has 0 bridgehead atoms. The number of amides is 1. The Morgan fingerprint density at radius 1 is 1.17 bits per heavy atom. The molecule has 3 rings (SSSR count). The lowest BCUT2D eigenvalue weighted by Crippen LogP contribution is -2.44. The lowest BCUT2D eigenvalue weighted by Gasteiger charge is -2.38. The highest BCUT2D eigenvalue weighted by molar-refractivity contribution is 5.76. The fourth-order valence-corrected chi connectivity index (χ4v) is 3.18. The molecule has 1 aliphatic heterocycles. The summed E-state index contributed by atoms with van der Waals surface area (Å²) in [6.07, 6.45) is 7.90. The van der Waals surface area contributed by atoms with Gasteiger partial charge in [0.15, 0.2) is 0 Å². The molecule has 1 aromatic heterocycles. The molecule has 0 atom stereocenters. The Bertz CT molecular complexity index is 640. The summed E-state index contributed by atoms with van der Waals surface area (Å²) in [6.45, 7) is 2.13. The SMILES string of the molecule is O=C(CCc1cnccn1)NCC1(c2ccccc2)CCOCC1. The first-order valence-corrected chi connectivity index (χ1v) is 8.43. The minimum Gasteiger partial charge on any atom is -0.381 e. The maximum Gasteiger partial charge on any atom is 0.220 e. The zero-order valence-corrected chi connectivity index (χ0v) is 13.8. The van der Waals surface area contributed by atoms with Crippen molar-refractivity contribution in [2.75, 3.05) is 19.8 Å². The molecule has 1 aromatic carbocycles. The second-order valence-corrected chi connectivity index (χ2v) is 6.23. The van der Waals surface area contributed by atoms with E-state index < -0.39 is 0 Å². The Morgan fingerprint density at radius 3 is 2.67 bits per heavy atom. The molecule has 24 heavy (non-hydrogen) atoms. The molecule has 5 heteroatoms. The van der Waals surface area contributed by atoms with E-state index in [4.69, 9.17) is 4.74 Å². The molecule has 1 saturated heterocycles. The average Bonchev–Trinajstić information content (AvgIpc) is 2.67. The summed E-state index contributed by atoms with van der Waals surface area (Å²) >= 11 is 0. The van der Waals surface area contributed by atoms with Gasteiger partial charge >= 0.3 is 0 Å². The molecule has 126 valence electrons. The van der Waals surface area contributed by atoms with E-state index in [-0.39, 0.29) is 11.3 Å². The second-order valence-electron chi connectivity index (χ2n) is 6.23. The Labute approximate surface area is 142 Å². The van der Waals surface area contributed by atoms with E-state index in [1.54, 1.807) is 18.6 Å². The van der Waals surface area contributed by atoms with E-state index in [9.17, 15) is 4.79 Å². The van der Waals surface area contributed by atoms with Crippen molar-refractivity contribution in [2.45, 2.75) is 31.1 Å². The van der Waals surface area contributed by atoms with Crippen LogP contribution in [0.15, 0.2) is 48.9 Å². The van der Waals surface area contributed by atoms with Crippen molar-refractivity contribution in [3.05, 3.63) is 60.2 Å². The third kappa shape index (κ3) is 4.17. The predicted octanol–water partition coefficient (Wildman–Crippen LogP) is 2.27.